The number of nitrogens with one attached hydrogen (secondary N) is 1. The van der Waals surface area contributed by atoms with Crippen molar-refractivity contribution in [1.29, 1.82) is 0 Å². The zero-order valence-electron chi connectivity index (χ0n) is 11.5. The van der Waals surface area contributed by atoms with Crippen LogP contribution in [0.15, 0.2) is 29.6 Å². The summed E-state index contributed by atoms with van der Waals surface area (Å²) in [6.45, 7) is 1.83. The molecule has 0 saturated carbocycles. The first-order chi connectivity index (χ1) is 10.0. The lowest BCUT2D eigenvalue weighted by Gasteiger charge is -2.10. The van der Waals surface area contributed by atoms with Gasteiger partial charge in [0.15, 0.2) is 5.84 Å². The molecule has 110 valence electrons. The van der Waals surface area contributed by atoms with Gasteiger partial charge in [0, 0.05) is 5.56 Å². The third-order valence-electron chi connectivity index (χ3n) is 2.70. The fourth-order valence-electron chi connectivity index (χ4n) is 1.66. The van der Waals surface area contributed by atoms with Crippen molar-refractivity contribution in [1.82, 2.24) is 4.98 Å². The largest absolute Gasteiger partial charge is 0.495 e. The zero-order valence-corrected chi connectivity index (χ0v) is 12.3. The van der Waals surface area contributed by atoms with Crippen LogP contribution in [-0.4, -0.2) is 29.0 Å². The zero-order chi connectivity index (χ0) is 15.4. The van der Waals surface area contributed by atoms with E-state index in [0.717, 1.165) is 5.01 Å². The Morgan fingerprint density at radius 3 is 2.86 bits per heavy atom. The van der Waals surface area contributed by atoms with Crippen molar-refractivity contribution < 1.29 is 14.7 Å². The number of aryl methyl sites for hydroxylation is 1. The summed E-state index contributed by atoms with van der Waals surface area (Å²) in [5.74, 6) is 0.105. The van der Waals surface area contributed by atoms with Gasteiger partial charge in [0.25, 0.3) is 5.91 Å². The lowest BCUT2D eigenvalue weighted by Crippen LogP contribution is -2.15. The number of rotatable bonds is 4. The van der Waals surface area contributed by atoms with Crippen LogP contribution in [0.5, 0.6) is 5.75 Å². The van der Waals surface area contributed by atoms with Crippen molar-refractivity contribution in [3.63, 3.8) is 0 Å². The number of carbonyl (C=O) groups is 1. The quantitative estimate of drug-likeness (QED) is 0.345. The number of ether oxygens (including phenoxy) is 1. The molecule has 0 fully saturated rings. The second-order valence-corrected chi connectivity index (χ2v) is 5.33. The Morgan fingerprint density at radius 2 is 2.29 bits per heavy atom. The van der Waals surface area contributed by atoms with E-state index in [1.54, 1.807) is 18.2 Å². The maximum Gasteiger partial charge on any atom is 0.267 e. The fraction of sp³-hybridized carbons (Fsp3) is 0.154. The number of nitrogens with two attached hydrogens (primary N) is 1. The number of hydrogen-bond donors (Lipinski definition) is 3. The molecule has 0 aliphatic rings. The number of hydrogen-bond acceptors (Lipinski definition) is 6. The molecule has 1 aromatic carbocycles. The van der Waals surface area contributed by atoms with Gasteiger partial charge in [-0.1, -0.05) is 5.16 Å². The van der Waals surface area contributed by atoms with Crippen LogP contribution in [0.1, 0.15) is 20.2 Å². The van der Waals surface area contributed by atoms with E-state index in [4.69, 9.17) is 15.7 Å². The van der Waals surface area contributed by atoms with E-state index < -0.39 is 0 Å². The van der Waals surface area contributed by atoms with Crippen LogP contribution in [-0.2, 0) is 0 Å². The molecule has 0 aliphatic heterocycles. The van der Waals surface area contributed by atoms with Crippen molar-refractivity contribution in [2.24, 2.45) is 10.9 Å². The number of benzene rings is 1. The summed E-state index contributed by atoms with van der Waals surface area (Å²) in [5, 5.41) is 15.1. The Bertz CT molecular complexity index is 696. The Kier molecular flexibility index (Phi) is 4.39. The summed E-state index contributed by atoms with van der Waals surface area (Å²) in [4.78, 5) is 16.6. The number of carbonyl (C=O) groups excluding carboxylic acids is 1. The molecule has 0 radical (unpaired) electrons. The van der Waals surface area contributed by atoms with E-state index in [9.17, 15) is 4.79 Å². The molecule has 1 heterocycles. The molecule has 0 bridgehead atoms. The Morgan fingerprint density at radius 1 is 1.52 bits per heavy atom. The molecule has 0 atom stereocenters. The molecule has 2 rings (SSSR count). The van der Waals surface area contributed by atoms with Gasteiger partial charge in [-0.15, -0.1) is 11.3 Å². The number of thiazole rings is 1. The van der Waals surface area contributed by atoms with Gasteiger partial charge in [0.1, 0.15) is 10.6 Å². The lowest BCUT2D eigenvalue weighted by molar-refractivity contribution is 0.103. The van der Waals surface area contributed by atoms with Crippen molar-refractivity contribution in [3.8, 4) is 5.75 Å². The minimum atomic E-state index is -0.268. The molecule has 8 heteroatoms. The van der Waals surface area contributed by atoms with E-state index >= 15 is 0 Å². The first kappa shape index (κ1) is 14.8. The maximum atomic E-state index is 12.1. The monoisotopic (exact) mass is 306 g/mol. The summed E-state index contributed by atoms with van der Waals surface area (Å²) in [6, 6.07) is 4.81. The van der Waals surface area contributed by atoms with Gasteiger partial charge in [-0.3, -0.25) is 4.79 Å². The normalized spacial score (nSPS) is 11.2. The first-order valence-corrected chi connectivity index (χ1v) is 6.76. The van der Waals surface area contributed by atoms with Gasteiger partial charge in [0.05, 0.1) is 24.0 Å². The van der Waals surface area contributed by atoms with Crippen LogP contribution < -0.4 is 15.8 Å². The highest BCUT2D eigenvalue weighted by molar-refractivity contribution is 7.13. The number of nitrogens with zero attached hydrogens (tertiary/aromatic N) is 2. The average molecular weight is 306 g/mol. The van der Waals surface area contributed by atoms with Crippen molar-refractivity contribution in [3.05, 3.63) is 39.8 Å². The van der Waals surface area contributed by atoms with Gasteiger partial charge >= 0.3 is 0 Å². The van der Waals surface area contributed by atoms with E-state index in [1.165, 1.54) is 24.6 Å². The molecule has 7 nitrogen and oxygen atoms in total. The summed E-state index contributed by atoms with van der Waals surface area (Å²) in [5.41, 5.74) is 6.49. The highest BCUT2D eigenvalue weighted by atomic mass is 32.1. The van der Waals surface area contributed by atoms with E-state index in [2.05, 4.69) is 15.5 Å². The molecule has 4 N–H and O–H groups in total. The third-order valence-corrected chi connectivity index (χ3v) is 3.61. The molecular formula is C13H14N4O3S. The molecule has 0 saturated heterocycles. The number of amides is 1. The molecule has 0 aliphatic carbocycles. The smallest absolute Gasteiger partial charge is 0.267 e. The van der Waals surface area contributed by atoms with Crippen LogP contribution in [0.25, 0.3) is 0 Å². The molecule has 2 aromatic rings. The standard InChI is InChI=1S/C13H14N4O3S/c1-7-15-6-11(21-7)13(18)16-9-4-3-8(12(14)17-19)5-10(9)20-2/h3-6,19H,1-2H3,(H2,14,17)(H,16,18). The predicted octanol–water partition coefficient (Wildman–Crippen LogP) is 1.81. The Labute approximate surface area is 125 Å². The van der Waals surface area contributed by atoms with Crippen LogP contribution in [0, 0.1) is 6.92 Å². The third kappa shape index (κ3) is 3.29. The van der Waals surface area contributed by atoms with Gasteiger partial charge < -0.3 is 21.0 Å². The molecule has 21 heavy (non-hydrogen) atoms. The average Bonchev–Trinajstić information content (AvgIpc) is 2.93. The highest BCUT2D eigenvalue weighted by Crippen LogP contribution is 2.26. The lowest BCUT2D eigenvalue weighted by atomic mass is 10.1. The summed E-state index contributed by atoms with van der Waals surface area (Å²) in [7, 11) is 1.47. The van der Waals surface area contributed by atoms with E-state index in [1.807, 2.05) is 6.92 Å². The van der Waals surface area contributed by atoms with E-state index in [0.29, 0.717) is 21.9 Å². The number of anilines is 1. The SMILES string of the molecule is COc1cc(/C(N)=N/O)ccc1NC(=O)c1cnc(C)s1. The summed E-state index contributed by atoms with van der Waals surface area (Å²) < 4.78 is 5.20. The minimum Gasteiger partial charge on any atom is -0.495 e. The second-order valence-electron chi connectivity index (χ2n) is 4.10. The summed E-state index contributed by atoms with van der Waals surface area (Å²) >= 11 is 1.30. The molecule has 1 amide bonds. The first-order valence-electron chi connectivity index (χ1n) is 5.95. The number of oxime groups is 1. The molecule has 0 spiro atoms. The van der Waals surface area contributed by atoms with Gasteiger partial charge in [-0.05, 0) is 25.1 Å². The van der Waals surface area contributed by atoms with Crippen LogP contribution in [0.3, 0.4) is 0 Å². The number of methoxy groups -OCH3 is 1. The van der Waals surface area contributed by atoms with Crippen molar-refractivity contribution in [2.45, 2.75) is 6.92 Å². The van der Waals surface area contributed by atoms with Gasteiger partial charge in [0.2, 0.25) is 0 Å². The van der Waals surface area contributed by atoms with Crippen molar-refractivity contribution in [2.75, 3.05) is 12.4 Å². The predicted molar refractivity (Wildman–Crippen MR) is 80.3 cm³/mol. The topological polar surface area (TPSA) is 110 Å². The van der Waals surface area contributed by atoms with Gasteiger partial charge in [-0.2, -0.15) is 0 Å². The summed E-state index contributed by atoms with van der Waals surface area (Å²) in [6.07, 6.45) is 1.52. The maximum absolute atomic E-state index is 12.1. The molecular weight excluding hydrogens is 292 g/mol. The second kappa shape index (κ2) is 6.23. The van der Waals surface area contributed by atoms with Gasteiger partial charge in [-0.25, -0.2) is 4.98 Å². The number of amidine groups is 1. The van der Waals surface area contributed by atoms with Crippen LogP contribution >= 0.6 is 11.3 Å². The Hall–Kier alpha value is -2.61. The Balaban J connectivity index is 2.26. The van der Waals surface area contributed by atoms with E-state index in [-0.39, 0.29) is 11.7 Å². The fourth-order valence-corrected chi connectivity index (χ4v) is 2.33. The van der Waals surface area contributed by atoms with Crippen LogP contribution in [0.2, 0.25) is 0 Å². The molecule has 1 aromatic heterocycles. The molecule has 0 unspecified atom stereocenters. The number of aromatic nitrogens is 1. The van der Waals surface area contributed by atoms with Crippen molar-refractivity contribution >= 4 is 28.8 Å². The van der Waals surface area contributed by atoms with Crippen LogP contribution in [0.4, 0.5) is 5.69 Å². The highest BCUT2D eigenvalue weighted by Gasteiger charge is 2.13. The minimum absolute atomic E-state index is 0.0377.